The lowest BCUT2D eigenvalue weighted by Crippen LogP contribution is -2.48. The Morgan fingerprint density at radius 1 is 1.24 bits per heavy atom. The van der Waals surface area contributed by atoms with E-state index in [9.17, 15) is 9.59 Å². The van der Waals surface area contributed by atoms with Crippen molar-refractivity contribution in [3.8, 4) is 0 Å². The lowest BCUT2D eigenvalue weighted by molar-refractivity contribution is -0.154. The smallest absolute Gasteiger partial charge is 0.328 e. The molecule has 1 aliphatic heterocycles. The standard InChI is InChI=1S/C17H23NO3/c1-21-17(20)15-11-5-6-13-18(15)16(19)12-7-10-14-8-3-2-4-9-14/h2-4,8-9,15H,5-7,10-13H2,1H3. The zero-order valence-electron chi connectivity index (χ0n) is 12.6. The van der Waals surface area contributed by atoms with Crippen LogP contribution in [0.2, 0.25) is 0 Å². The summed E-state index contributed by atoms with van der Waals surface area (Å²) in [6, 6.07) is 9.77. The number of hydrogen-bond acceptors (Lipinski definition) is 3. The van der Waals surface area contributed by atoms with Gasteiger partial charge in [-0.05, 0) is 37.7 Å². The maximum absolute atomic E-state index is 12.3. The van der Waals surface area contributed by atoms with Gasteiger partial charge in [0.05, 0.1) is 7.11 Å². The van der Waals surface area contributed by atoms with Crippen molar-refractivity contribution in [1.82, 2.24) is 4.90 Å². The van der Waals surface area contributed by atoms with Gasteiger partial charge in [0.1, 0.15) is 6.04 Å². The van der Waals surface area contributed by atoms with Gasteiger partial charge >= 0.3 is 5.97 Å². The van der Waals surface area contributed by atoms with Gasteiger partial charge in [0.25, 0.3) is 0 Å². The van der Waals surface area contributed by atoms with E-state index in [-0.39, 0.29) is 17.9 Å². The minimum absolute atomic E-state index is 0.0704. The van der Waals surface area contributed by atoms with E-state index < -0.39 is 0 Å². The van der Waals surface area contributed by atoms with E-state index in [0.717, 1.165) is 32.1 Å². The Hall–Kier alpha value is -1.84. The molecule has 1 amide bonds. The summed E-state index contributed by atoms with van der Waals surface area (Å²) >= 11 is 0. The third kappa shape index (κ3) is 4.31. The van der Waals surface area contributed by atoms with Crippen LogP contribution in [0.3, 0.4) is 0 Å². The first kappa shape index (κ1) is 15.5. The predicted octanol–water partition coefficient (Wildman–Crippen LogP) is 2.56. The molecule has 0 N–H and O–H groups in total. The highest BCUT2D eigenvalue weighted by Gasteiger charge is 2.32. The Morgan fingerprint density at radius 3 is 2.71 bits per heavy atom. The third-order valence-electron chi connectivity index (χ3n) is 4.00. The van der Waals surface area contributed by atoms with Gasteiger partial charge in [-0.3, -0.25) is 4.79 Å². The van der Waals surface area contributed by atoms with Gasteiger partial charge in [0.15, 0.2) is 0 Å². The molecular formula is C17H23NO3. The van der Waals surface area contributed by atoms with Crippen LogP contribution in [0, 0.1) is 0 Å². The molecule has 1 aliphatic rings. The van der Waals surface area contributed by atoms with Crippen molar-refractivity contribution in [3.05, 3.63) is 35.9 Å². The number of aryl methyl sites for hydroxylation is 1. The van der Waals surface area contributed by atoms with Crippen LogP contribution < -0.4 is 0 Å². The monoisotopic (exact) mass is 289 g/mol. The largest absolute Gasteiger partial charge is 0.467 e. The minimum Gasteiger partial charge on any atom is -0.467 e. The number of piperidine rings is 1. The van der Waals surface area contributed by atoms with Crippen molar-refractivity contribution >= 4 is 11.9 Å². The zero-order valence-corrected chi connectivity index (χ0v) is 12.6. The highest BCUT2D eigenvalue weighted by molar-refractivity contribution is 5.84. The number of methoxy groups -OCH3 is 1. The van der Waals surface area contributed by atoms with Crippen LogP contribution in [0.1, 0.15) is 37.7 Å². The van der Waals surface area contributed by atoms with Gasteiger partial charge in [-0.15, -0.1) is 0 Å². The Labute approximate surface area is 126 Å². The van der Waals surface area contributed by atoms with Crippen molar-refractivity contribution in [2.45, 2.75) is 44.6 Å². The molecule has 1 unspecified atom stereocenters. The van der Waals surface area contributed by atoms with E-state index in [1.807, 2.05) is 18.2 Å². The summed E-state index contributed by atoms with van der Waals surface area (Å²) in [6.45, 7) is 0.671. The second-order valence-electron chi connectivity index (χ2n) is 5.46. The van der Waals surface area contributed by atoms with E-state index in [1.165, 1.54) is 12.7 Å². The topological polar surface area (TPSA) is 46.6 Å². The molecule has 1 aromatic rings. The highest BCUT2D eigenvalue weighted by Crippen LogP contribution is 2.19. The van der Waals surface area contributed by atoms with Gasteiger partial charge in [0.2, 0.25) is 5.91 Å². The fourth-order valence-corrected chi connectivity index (χ4v) is 2.84. The minimum atomic E-state index is -0.382. The number of likely N-dealkylation sites (tertiary alicyclic amines) is 1. The van der Waals surface area contributed by atoms with E-state index in [1.54, 1.807) is 4.90 Å². The summed E-state index contributed by atoms with van der Waals surface area (Å²) in [4.78, 5) is 25.8. The van der Waals surface area contributed by atoms with Gasteiger partial charge in [-0.1, -0.05) is 30.3 Å². The highest BCUT2D eigenvalue weighted by atomic mass is 16.5. The van der Waals surface area contributed by atoms with Crippen LogP contribution in [0.5, 0.6) is 0 Å². The number of benzene rings is 1. The van der Waals surface area contributed by atoms with Crippen LogP contribution in [-0.4, -0.2) is 36.5 Å². The number of ether oxygens (including phenoxy) is 1. The quantitative estimate of drug-likeness (QED) is 0.783. The van der Waals surface area contributed by atoms with Crippen LogP contribution in [0.25, 0.3) is 0 Å². The summed E-state index contributed by atoms with van der Waals surface area (Å²) in [5.41, 5.74) is 1.24. The molecule has 1 saturated heterocycles. The molecule has 114 valence electrons. The summed E-state index contributed by atoms with van der Waals surface area (Å²) < 4.78 is 4.81. The van der Waals surface area contributed by atoms with E-state index in [0.29, 0.717) is 13.0 Å². The number of carbonyl (C=O) groups is 2. The lowest BCUT2D eigenvalue weighted by atomic mass is 10.0. The molecule has 1 heterocycles. The Bertz CT molecular complexity index is 472. The van der Waals surface area contributed by atoms with Crippen molar-refractivity contribution in [3.63, 3.8) is 0 Å². The number of hydrogen-bond donors (Lipinski definition) is 0. The molecule has 0 aliphatic carbocycles. The normalized spacial score (nSPS) is 18.3. The molecule has 0 radical (unpaired) electrons. The molecule has 2 rings (SSSR count). The van der Waals surface area contributed by atoms with Crippen molar-refractivity contribution < 1.29 is 14.3 Å². The summed E-state index contributed by atoms with van der Waals surface area (Å²) in [5.74, 6) is -0.216. The predicted molar refractivity (Wildman–Crippen MR) is 80.7 cm³/mol. The van der Waals surface area contributed by atoms with Crippen molar-refractivity contribution in [2.24, 2.45) is 0 Å². The maximum Gasteiger partial charge on any atom is 0.328 e. The molecule has 0 spiro atoms. The van der Waals surface area contributed by atoms with Crippen LogP contribution in [-0.2, 0) is 20.7 Å². The first-order valence-electron chi connectivity index (χ1n) is 7.63. The van der Waals surface area contributed by atoms with Gasteiger partial charge in [0, 0.05) is 13.0 Å². The third-order valence-corrected chi connectivity index (χ3v) is 4.00. The summed E-state index contributed by atoms with van der Waals surface area (Å²) in [6.07, 6.45) is 4.86. The zero-order chi connectivity index (χ0) is 15.1. The average molecular weight is 289 g/mol. The molecule has 0 saturated carbocycles. The molecule has 0 aromatic heterocycles. The second kappa shape index (κ2) is 7.81. The molecule has 4 nitrogen and oxygen atoms in total. The van der Waals surface area contributed by atoms with Gasteiger partial charge in [-0.25, -0.2) is 4.79 Å². The Kier molecular flexibility index (Phi) is 5.78. The Morgan fingerprint density at radius 2 is 2.00 bits per heavy atom. The number of rotatable bonds is 5. The SMILES string of the molecule is COC(=O)C1CCCCN1C(=O)CCCc1ccccc1. The Balaban J connectivity index is 1.84. The van der Waals surface area contributed by atoms with Crippen molar-refractivity contribution in [2.75, 3.05) is 13.7 Å². The fraction of sp³-hybridized carbons (Fsp3) is 0.529. The molecular weight excluding hydrogens is 266 g/mol. The second-order valence-corrected chi connectivity index (χ2v) is 5.46. The van der Waals surface area contributed by atoms with Gasteiger partial charge in [-0.2, -0.15) is 0 Å². The van der Waals surface area contributed by atoms with E-state index in [2.05, 4.69) is 12.1 Å². The van der Waals surface area contributed by atoms with E-state index >= 15 is 0 Å². The van der Waals surface area contributed by atoms with Crippen molar-refractivity contribution in [1.29, 1.82) is 0 Å². The number of carbonyl (C=O) groups excluding carboxylic acids is 2. The summed E-state index contributed by atoms with van der Waals surface area (Å²) in [7, 11) is 1.38. The maximum atomic E-state index is 12.3. The van der Waals surface area contributed by atoms with Gasteiger partial charge < -0.3 is 9.64 Å². The molecule has 1 fully saturated rings. The molecule has 1 aromatic carbocycles. The average Bonchev–Trinajstić information content (AvgIpc) is 2.55. The molecule has 0 bridgehead atoms. The van der Waals surface area contributed by atoms with Crippen LogP contribution in [0.15, 0.2) is 30.3 Å². The number of nitrogens with zero attached hydrogens (tertiary/aromatic N) is 1. The van der Waals surface area contributed by atoms with E-state index in [4.69, 9.17) is 4.74 Å². The summed E-state index contributed by atoms with van der Waals surface area (Å²) in [5, 5.41) is 0. The van der Waals surface area contributed by atoms with Crippen LogP contribution in [0.4, 0.5) is 0 Å². The number of esters is 1. The van der Waals surface area contributed by atoms with Crippen LogP contribution >= 0.6 is 0 Å². The fourth-order valence-electron chi connectivity index (χ4n) is 2.84. The number of amides is 1. The molecule has 4 heteroatoms. The molecule has 21 heavy (non-hydrogen) atoms. The molecule has 1 atom stereocenters. The first-order chi connectivity index (χ1) is 10.2. The first-order valence-corrected chi connectivity index (χ1v) is 7.63. The lowest BCUT2D eigenvalue weighted by Gasteiger charge is -2.33.